The van der Waals surface area contributed by atoms with Crippen molar-refractivity contribution in [2.24, 2.45) is 0 Å². The van der Waals surface area contributed by atoms with Crippen molar-refractivity contribution in [3.05, 3.63) is 41.8 Å². The highest BCUT2D eigenvalue weighted by atomic mass is 31.2. The van der Waals surface area contributed by atoms with E-state index in [0.717, 1.165) is 6.07 Å². The van der Waals surface area contributed by atoms with E-state index < -0.39 is 27.4 Å². The molecule has 0 unspecified atom stereocenters. The lowest BCUT2D eigenvalue weighted by Gasteiger charge is -2.20. The number of hydrogen-bond acceptors (Lipinski definition) is 7. The van der Waals surface area contributed by atoms with Crippen LogP contribution in [0.1, 0.15) is 25.3 Å². The van der Waals surface area contributed by atoms with Crippen LogP contribution in [0.3, 0.4) is 0 Å². The van der Waals surface area contributed by atoms with E-state index in [2.05, 4.69) is 9.97 Å². The minimum atomic E-state index is -5.05. The number of phosphoric ester groups is 2. The van der Waals surface area contributed by atoms with E-state index >= 15 is 0 Å². The third kappa shape index (κ3) is 5.56. The Kier molecular flexibility index (Phi) is 6.07. The number of fused-ring (bicyclic) bond motifs is 1. The predicted molar refractivity (Wildman–Crippen MR) is 109 cm³/mol. The molecule has 0 saturated carbocycles. The lowest BCUT2D eigenvalue weighted by molar-refractivity contribution is 0.278. The fourth-order valence-corrected chi connectivity index (χ4v) is 3.83. The van der Waals surface area contributed by atoms with Gasteiger partial charge in [0.05, 0.1) is 10.9 Å². The Morgan fingerprint density at radius 3 is 1.97 bits per heavy atom. The predicted octanol–water partition coefficient (Wildman–Crippen LogP) is 3.08. The molecule has 0 radical (unpaired) electrons. The van der Waals surface area contributed by atoms with Gasteiger partial charge in [-0.3, -0.25) is 19.6 Å². The van der Waals surface area contributed by atoms with Gasteiger partial charge < -0.3 is 14.8 Å². The van der Waals surface area contributed by atoms with Crippen LogP contribution in [-0.2, 0) is 9.13 Å². The molecular weight excluding hydrogens is 455 g/mol. The summed E-state index contributed by atoms with van der Waals surface area (Å²) in [4.78, 5) is 44.8. The van der Waals surface area contributed by atoms with Gasteiger partial charge in [-0.1, -0.05) is 13.8 Å². The minimum absolute atomic E-state index is 0.00299. The summed E-state index contributed by atoms with van der Waals surface area (Å²) in [5.74, 6) is -2.09. The number of nitrogens with zero attached hydrogens (tertiary/aromatic N) is 2. The van der Waals surface area contributed by atoms with E-state index in [1.807, 2.05) is 0 Å². The molecule has 0 atom stereocenters. The van der Waals surface area contributed by atoms with Gasteiger partial charge in [-0.25, -0.2) is 23.5 Å². The second-order valence-electron chi connectivity index (χ2n) is 6.82. The van der Waals surface area contributed by atoms with Crippen molar-refractivity contribution >= 4 is 32.5 Å². The molecule has 0 aliphatic carbocycles. The van der Waals surface area contributed by atoms with E-state index in [9.17, 15) is 33.1 Å². The van der Waals surface area contributed by atoms with Crippen molar-refractivity contribution in [2.45, 2.75) is 19.8 Å². The van der Waals surface area contributed by atoms with Crippen molar-refractivity contribution in [3.8, 4) is 22.6 Å². The molecule has 0 aliphatic rings. The van der Waals surface area contributed by atoms with Gasteiger partial charge in [-0.2, -0.15) is 0 Å². The van der Waals surface area contributed by atoms with Crippen LogP contribution in [0.25, 0.3) is 22.0 Å². The number of rotatable bonds is 6. The number of hydrogen-bond donors (Lipinski definition) is 5. The molecule has 1 aromatic heterocycles. The van der Waals surface area contributed by atoms with Gasteiger partial charge in [-0.05, 0) is 41.3 Å². The lowest BCUT2D eigenvalue weighted by atomic mass is 9.96. The molecule has 3 rings (SSSR count). The van der Waals surface area contributed by atoms with Gasteiger partial charge in [0, 0.05) is 11.8 Å². The van der Waals surface area contributed by atoms with Crippen LogP contribution >= 0.6 is 15.6 Å². The molecule has 31 heavy (non-hydrogen) atoms. The first-order valence-corrected chi connectivity index (χ1v) is 11.7. The standard InChI is InChI=1S/C17H18FN3O8P2/c1-8(2)16-14(28-30(22,23)24)5-10(6-15(16)29-31(25,26)27)9-3-12(18)11-7-20-17(19)21-13(11)4-9/h3-8H,1-2H3,(H2,19,20,21)(H2,22,23,24)(H2,25,26,27). The molecule has 3 aromatic rings. The first-order chi connectivity index (χ1) is 14.2. The summed E-state index contributed by atoms with van der Waals surface area (Å²) >= 11 is 0. The molecule has 0 aliphatic heterocycles. The van der Waals surface area contributed by atoms with Gasteiger partial charge in [-0.15, -0.1) is 0 Å². The Bertz CT molecular complexity index is 1210. The minimum Gasteiger partial charge on any atom is -0.404 e. The molecule has 0 fully saturated rings. The van der Waals surface area contributed by atoms with E-state index in [1.54, 1.807) is 13.8 Å². The largest absolute Gasteiger partial charge is 0.524 e. The first-order valence-electron chi connectivity index (χ1n) is 8.64. The number of benzene rings is 2. The summed E-state index contributed by atoms with van der Waals surface area (Å²) < 4.78 is 47.0. The number of halogens is 1. The van der Waals surface area contributed by atoms with Crippen molar-refractivity contribution in [1.82, 2.24) is 9.97 Å². The van der Waals surface area contributed by atoms with Crippen molar-refractivity contribution in [1.29, 1.82) is 0 Å². The van der Waals surface area contributed by atoms with Gasteiger partial charge in [0.15, 0.2) is 0 Å². The van der Waals surface area contributed by atoms with Crippen LogP contribution in [0.5, 0.6) is 11.5 Å². The Balaban J connectivity index is 2.30. The number of nitrogens with two attached hydrogens (primary N) is 1. The molecule has 1 heterocycles. The van der Waals surface area contributed by atoms with Gasteiger partial charge >= 0.3 is 15.6 Å². The molecule has 11 nitrogen and oxygen atoms in total. The van der Waals surface area contributed by atoms with Crippen molar-refractivity contribution < 1.29 is 42.1 Å². The quantitative estimate of drug-likeness (QED) is 0.331. The maximum Gasteiger partial charge on any atom is 0.524 e. The Morgan fingerprint density at radius 1 is 0.968 bits per heavy atom. The first kappa shape index (κ1) is 23.1. The maximum absolute atomic E-state index is 14.6. The molecule has 0 saturated heterocycles. The number of aromatic nitrogens is 2. The summed E-state index contributed by atoms with van der Waals surface area (Å²) in [5, 5.41) is 0.0788. The average molecular weight is 473 g/mol. The van der Waals surface area contributed by atoms with Crippen LogP contribution in [0, 0.1) is 5.82 Å². The van der Waals surface area contributed by atoms with Gasteiger partial charge in [0.2, 0.25) is 5.95 Å². The summed E-state index contributed by atoms with van der Waals surface area (Å²) in [6.07, 6.45) is 1.20. The third-order valence-electron chi connectivity index (χ3n) is 4.12. The van der Waals surface area contributed by atoms with Gasteiger partial charge in [0.1, 0.15) is 17.3 Å². The van der Waals surface area contributed by atoms with E-state index in [0.29, 0.717) is 0 Å². The summed E-state index contributed by atoms with van der Waals surface area (Å²) in [7, 11) is -10.1. The number of anilines is 1. The highest BCUT2D eigenvalue weighted by Crippen LogP contribution is 2.49. The van der Waals surface area contributed by atoms with Gasteiger partial charge in [0.25, 0.3) is 0 Å². The normalized spacial score (nSPS) is 12.4. The highest BCUT2D eigenvalue weighted by Gasteiger charge is 2.27. The van der Waals surface area contributed by atoms with Crippen LogP contribution in [-0.4, -0.2) is 29.5 Å². The number of phosphoric acid groups is 2. The molecule has 14 heteroatoms. The summed E-state index contributed by atoms with van der Waals surface area (Å²) in [6.45, 7) is 3.20. The van der Waals surface area contributed by atoms with E-state index in [-0.39, 0.29) is 45.0 Å². The monoisotopic (exact) mass is 473 g/mol. The molecule has 2 aromatic carbocycles. The Morgan fingerprint density at radius 2 is 1.48 bits per heavy atom. The SMILES string of the molecule is CC(C)c1c(OP(=O)(O)O)cc(-c2cc(F)c3cnc(N)nc3c2)cc1OP(=O)(O)O. The third-order valence-corrected chi connectivity index (χ3v) is 4.99. The fourth-order valence-electron chi connectivity index (χ4n) is 3.02. The molecular formula is C17H18FN3O8P2. The Labute approximate surface area is 175 Å². The number of nitrogen functional groups attached to an aromatic ring is 1. The lowest BCUT2D eigenvalue weighted by Crippen LogP contribution is -2.02. The van der Waals surface area contributed by atoms with Crippen LogP contribution < -0.4 is 14.8 Å². The molecule has 0 bridgehead atoms. The van der Waals surface area contributed by atoms with Crippen LogP contribution in [0.4, 0.5) is 10.3 Å². The van der Waals surface area contributed by atoms with E-state index in [4.69, 9.17) is 14.8 Å². The fraction of sp³-hybridized carbons (Fsp3) is 0.176. The maximum atomic E-state index is 14.6. The smallest absolute Gasteiger partial charge is 0.404 e. The zero-order chi connectivity index (χ0) is 23.1. The van der Waals surface area contributed by atoms with Crippen molar-refractivity contribution in [2.75, 3.05) is 5.73 Å². The summed E-state index contributed by atoms with van der Waals surface area (Å²) in [6, 6.07) is 4.91. The molecule has 6 N–H and O–H groups in total. The van der Waals surface area contributed by atoms with E-state index in [1.165, 1.54) is 24.4 Å². The van der Waals surface area contributed by atoms with Crippen LogP contribution in [0.2, 0.25) is 0 Å². The molecule has 0 spiro atoms. The Hall–Kier alpha value is -2.59. The topological polar surface area (TPSA) is 185 Å². The van der Waals surface area contributed by atoms with Crippen molar-refractivity contribution in [3.63, 3.8) is 0 Å². The molecule has 0 amide bonds. The van der Waals surface area contributed by atoms with Crippen LogP contribution in [0.15, 0.2) is 30.5 Å². The average Bonchev–Trinajstić information content (AvgIpc) is 2.57. The zero-order valence-electron chi connectivity index (χ0n) is 16.1. The second kappa shape index (κ2) is 8.16. The summed E-state index contributed by atoms with van der Waals surface area (Å²) in [5.41, 5.74) is 5.94. The zero-order valence-corrected chi connectivity index (χ0v) is 17.9. The second-order valence-corrected chi connectivity index (χ2v) is 9.15. The highest BCUT2D eigenvalue weighted by molar-refractivity contribution is 7.47. The molecule has 166 valence electrons.